The van der Waals surface area contributed by atoms with Crippen LogP contribution in [0.4, 0.5) is 0 Å². The predicted octanol–water partition coefficient (Wildman–Crippen LogP) is 1.70. The highest BCUT2D eigenvalue weighted by Gasteiger charge is 2.14. The molecule has 1 rings (SSSR count). The Morgan fingerprint density at radius 1 is 1.23 bits per heavy atom. The van der Waals surface area contributed by atoms with E-state index in [0.717, 1.165) is 12.8 Å². The maximum Gasteiger partial charge on any atom is 0.305 e. The van der Waals surface area contributed by atoms with Crippen LogP contribution in [0.25, 0.3) is 0 Å². The molecule has 3 heteroatoms. The molecule has 0 N–H and O–H groups in total. The summed E-state index contributed by atoms with van der Waals surface area (Å²) >= 11 is 0. The summed E-state index contributed by atoms with van der Waals surface area (Å²) in [5.41, 5.74) is 0. The van der Waals surface area contributed by atoms with Gasteiger partial charge in [0, 0.05) is 19.3 Å². The third-order valence-electron chi connectivity index (χ3n) is 2.19. The fourth-order valence-electron chi connectivity index (χ4n) is 1.45. The summed E-state index contributed by atoms with van der Waals surface area (Å²) in [7, 11) is 0. The Bertz CT molecular complexity index is 198. The van der Waals surface area contributed by atoms with E-state index in [4.69, 9.17) is 4.74 Å². The van der Waals surface area contributed by atoms with E-state index in [1.165, 1.54) is 0 Å². The molecule has 1 saturated heterocycles. The molecule has 0 radical (unpaired) electrons. The van der Waals surface area contributed by atoms with Crippen molar-refractivity contribution in [3.8, 4) is 0 Å². The second kappa shape index (κ2) is 5.00. The Kier molecular flexibility index (Phi) is 3.93. The van der Waals surface area contributed by atoms with E-state index in [-0.39, 0.29) is 11.9 Å². The molecular weight excluding hydrogens is 168 g/mol. The van der Waals surface area contributed by atoms with Crippen molar-refractivity contribution < 1.29 is 14.3 Å². The lowest BCUT2D eigenvalue weighted by atomic mass is 10.0. The van der Waals surface area contributed by atoms with Crippen LogP contribution >= 0.6 is 0 Å². The average Bonchev–Trinajstić information content (AvgIpc) is 2.08. The third-order valence-corrected chi connectivity index (χ3v) is 2.19. The van der Waals surface area contributed by atoms with E-state index >= 15 is 0 Å². The number of hydrogen-bond acceptors (Lipinski definition) is 3. The molecule has 1 fully saturated rings. The van der Waals surface area contributed by atoms with Crippen LogP contribution in [0.1, 0.15) is 39.0 Å². The molecule has 0 saturated carbocycles. The number of esters is 1. The van der Waals surface area contributed by atoms with Crippen LogP contribution in [0.3, 0.4) is 0 Å². The van der Waals surface area contributed by atoms with Crippen molar-refractivity contribution in [2.45, 2.75) is 39.0 Å². The molecule has 13 heavy (non-hydrogen) atoms. The van der Waals surface area contributed by atoms with Crippen molar-refractivity contribution in [2.24, 2.45) is 5.92 Å². The maximum absolute atomic E-state index is 11.3. The first-order valence-corrected chi connectivity index (χ1v) is 4.86. The zero-order valence-corrected chi connectivity index (χ0v) is 8.04. The number of ketones is 1. The fourth-order valence-corrected chi connectivity index (χ4v) is 1.45. The quantitative estimate of drug-likeness (QED) is 0.538. The van der Waals surface area contributed by atoms with Crippen LogP contribution in [0.15, 0.2) is 0 Å². The lowest BCUT2D eigenvalue weighted by Gasteiger charge is -2.13. The standard InChI is InChI=1S/C10H16O3/c1-8-6-9(11)4-2-3-5-10(12)13-7-8/h8H,2-7H2,1H3. The minimum Gasteiger partial charge on any atom is -0.465 e. The molecule has 0 amide bonds. The Labute approximate surface area is 78.5 Å². The molecule has 1 aliphatic rings. The van der Waals surface area contributed by atoms with Crippen LogP contribution in [0.2, 0.25) is 0 Å². The third kappa shape index (κ3) is 4.06. The molecule has 1 unspecified atom stereocenters. The molecule has 74 valence electrons. The van der Waals surface area contributed by atoms with E-state index in [1.807, 2.05) is 6.92 Å². The second-order valence-corrected chi connectivity index (χ2v) is 3.74. The predicted molar refractivity (Wildman–Crippen MR) is 48.2 cm³/mol. The largest absolute Gasteiger partial charge is 0.465 e. The molecule has 1 heterocycles. The Morgan fingerprint density at radius 2 is 1.92 bits per heavy atom. The van der Waals surface area contributed by atoms with Crippen LogP contribution in [0.5, 0.6) is 0 Å². The lowest BCUT2D eigenvalue weighted by Crippen LogP contribution is -2.16. The van der Waals surface area contributed by atoms with E-state index < -0.39 is 0 Å². The summed E-state index contributed by atoms with van der Waals surface area (Å²) < 4.78 is 4.99. The number of carbonyl (C=O) groups excluding carboxylic acids is 2. The van der Waals surface area contributed by atoms with Crippen molar-refractivity contribution in [2.75, 3.05) is 6.61 Å². The van der Waals surface area contributed by atoms with Crippen LogP contribution in [0, 0.1) is 5.92 Å². The molecular formula is C10H16O3. The van der Waals surface area contributed by atoms with Crippen molar-refractivity contribution in [3.05, 3.63) is 0 Å². The molecule has 1 aliphatic heterocycles. The number of Topliss-reactive ketones (excluding diaryl/α,β-unsaturated/α-hetero) is 1. The van der Waals surface area contributed by atoms with Gasteiger partial charge >= 0.3 is 5.97 Å². The van der Waals surface area contributed by atoms with E-state index in [9.17, 15) is 9.59 Å². The minimum atomic E-state index is -0.124. The summed E-state index contributed by atoms with van der Waals surface area (Å²) in [5.74, 6) is 0.348. The van der Waals surface area contributed by atoms with Crippen molar-refractivity contribution >= 4 is 11.8 Å². The summed E-state index contributed by atoms with van der Waals surface area (Å²) in [5, 5.41) is 0. The van der Waals surface area contributed by atoms with Crippen LogP contribution in [-0.2, 0) is 14.3 Å². The smallest absolute Gasteiger partial charge is 0.305 e. The number of carbonyl (C=O) groups is 2. The van der Waals surface area contributed by atoms with Crippen LogP contribution in [-0.4, -0.2) is 18.4 Å². The molecule has 1 atom stereocenters. The van der Waals surface area contributed by atoms with Crippen LogP contribution < -0.4 is 0 Å². The van der Waals surface area contributed by atoms with Gasteiger partial charge in [-0.1, -0.05) is 6.92 Å². The molecule has 3 nitrogen and oxygen atoms in total. The van der Waals surface area contributed by atoms with Gasteiger partial charge in [0.1, 0.15) is 5.78 Å². The van der Waals surface area contributed by atoms with E-state index in [2.05, 4.69) is 0 Å². The number of hydrogen-bond donors (Lipinski definition) is 0. The van der Waals surface area contributed by atoms with Gasteiger partial charge in [0.05, 0.1) is 6.61 Å². The molecule has 0 aromatic heterocycles. The van der Waals surface area contributed by atoms with Gasteiger partial charge in [0.25, 0.3) is 0 Å². The number of cyclic esters (lactones) is 1. The van der Waals surface area contributed by atoms with Gasteiger partial charge in [0.15, 0.2) is 0 Å². The monoisotopic (exact) mass is 184 g/mol. The zero-order chi connectivity index (χ0) is 9.68. The lowest BCUT2D eigenvalue weighted by molar-refractivity contribution is -0.146. The summed E-state index contributed by atoms with van der Waals surface area (Å²) in [6, 6.07) is 0. The first-order chi connectivity index (χ1) is 6.18. The molecule has 0 aromatic rings. The van der Waals surface area contributed by atoms with Gasteiger partial charge in [-0.15, -0.1) is 0 Å². The van der Waals surface area contributed by atoms with Crippen molar-refractivity contribution in [1.82, 2.24) is 0 Å². The van der Waals surface area contributed by atoms with Gasteiger partial charge in [-0.2, -0.15) is 0 Å². The Hall–Kier alpha value is -0.860. The first kappa shape index (κ1) is 10.2. The SMILES string of the molecule is CC1COC(=O)CCCCC(=O)C1. The normalized spacial score (nSPS) is 26.7. The zero-order valence-electron chi connectivity index (χ0n) is 8.04. The second-order valence-electron chi connectivity index (χ2n) is 3.74. The Balaban J connectivity index is 2.41. The van der Waals surface area contributed by atoms with Gasteiger partial charge in [-0.3, -0.25) is 9.59 Å². The fraction of sp³-hybridized carbons (Fsp3) is 0.800. The molecule has 0 spiro atoms. The van der Waals surface area contributed by atoms with Gasteiger partial charge in [-0.05, 0) is 18.8 Å². The van der Waals surface area contributed by atoms with Crippen molar-refractivity contribution in [1.29, 1.82) is 0 Å². The topological polar surface area (TPSA) is 43.4 Å². The summed E-state index contributed by atoms with van der Waals surface area (Å²) in [6.45, 7) is 2.33. The summed E-state index contributed by atoms with van der Waals surface area (Å²) in [4.78, 5) is 22.3. The number of ether oxygens (including phenoxy) is 1. The summed E-state index contributed by atoms with van der Waals surface area (Å²) in [6.07, 6.45) is 3.23. The highest BCUT2D eigenvalue weighted by Crippen LogP contribution is 2.12. The molecule has 0 bridgehead atoms. The molecule has 0 aromatic carbocycles. The average molecular weight is 184 g/mol. The molecule has 0 aliphatic carbocycles. The minimum absolute atomic E-state index is 0.124. The number of rotatable bonds is 0. The highest BCUT2D eigenvalue weighted by molar-refractivity contribution is 5.78. The highest BCUT2D eigenvalue weighted by atomic mass is 16.5. The van der Waals surface area contributed by atoms with Gasteiger partial charge < -0.3 is 4.74 Å². The van der Waals surface area contributed by atoms with Gasteiger partial charge in [-0.25, -0.2) is 0 Å². The van der Waals surface area contributed by atoms with Crippen molar-refractivity contribution in [3.63, 3.8) is 0 Å². The van der Waals surface area contributed by atoms with E-state index in [0.29, 0.717) is 31.7 Å². The van der Waals surface area contributed by atoms with Gasteiger partial charge in [0.2, 0.25) is 0 Å². The first-order valence-electron chi connectivity index (χ1n) is 4.86. The van der Waals surface area contributed by atoms with E-state index in [1.54, 1.807) is 0 Å². The maximum atomic E-state index is 11.3. The Morgan fingerprint density at radius 3 is 2.69 bits per heavy atom.